The van der Waals surface area contributed by atoms with E-state index >= 15 is 0 Å². The van der Waals surface area contributed by atoms with Gasteiger partial charge in [-0.2, -0.15) is 8.42 Å². The third kappa shape index (κ3) is 2.04. The van der Waals surface area contributed by atoms with Crippen LogP contribution in [0.3, 0.4) is 0 Å². The zero-order valence-corrected chi connectivity index (χ0v) is 7.61. The van der Waals surface area contributed by atoms with Gasteiger partial charge in [0.25, 0.3) is 16.4 Å². The van der Waals surface area contributed by atoms with E-state index in [9.17, 15) is 18.0 Å². The van der Waals surface area contributed by atoms with Gasteiger partial charge in [-0.1, -0.05) is 12.1 Å². The lowest BCUT2D eigenvalue weighted by atomic mass is 10.1. The van der Waals surface area contributed by atoms with Crippen LogP contribution >= 0.6 is 0 Å². The van der Waals surface area contributed by atoms with Crippen molar-refractivity contribution in [3.63, 3.8) is 0 Å². The highest BCUT2D eigenvalue weighted by Crippen LogP contribution is 2.14. The van der Waals surface area contributed by atoms with Crippen molar-refractivity contribution >= 4 is 22.2 Å². The van der Waals surface area contributed by atoms with Crippen molar-refractivity contribution in [2.45, 2.75) is 4.90 Å². The van der Waals surface area contributed by atoms with Crippen LogP contribution in [0.15, 0.2) is 29.2 Å². The molecule has 0 spiro atoms. The Morgan fingerprint density at radius 3 is 2.36 bits per heavy atom. The minimum atomic E-state index is -4.49. The van der Waals surface area contributed by atoms with Crippen LogP contribution < -0.4 is 0 Å². The second-order valence-electron chi connectivity index (χ2n) is 2.40. The lowest BCUT2D eigenvalue weighted by Crippen LogP contribution is -2.08. The van der Waals surface area contributed by atoms with Crippen LogP contribution in [0, 0.1) is 0 Å². The monoisotopic (exact) mass is 213 g/mol. The second kappa shape index (κ2) is 3.69. The van der Waals surface area contributed by atoms with Crippen LogP contribution in [-0.2, 0) is 14.9 Å². The van der Waals surface area contributed by atoms with Crippen molar-refractivity contribution < 1.29 is 22.6 Å². The molecule has 14 heavy (non-hydrogen) atoms. The van der Waals surface area contributed by atoms with Gasteiger partial charge in [-0.15, -0.1) is 0 Å². The van der Waals surface area contributed by atoms with Crippen molar-refractivity contribution in [2.75, 3.05) is 0 Å². The fourth-order valence-corrected chi connectivity index (χ4v) is 1.62. The van der Waals surface area contributed by atoms with E-state index in [-0.39, 0.29) is 5.56 Å². The van der Waals surface area contributed by atoms with Crippen LogP contribution in [0.5, 0.6) is 0 Å². The van der Waals surface area contributed by atoms with Gasteiger partial charge in [0.1, 0.15) is 4.90 Å². The fourth-order valence-electron chi connectivity index (χ4n) is 0.934. The van der Waals surface area contributed by atoms with E-state index in [2.05, 4.69) is 0 Å². The molecule has 1 aromatic rings. The normalized spacial score (nSPS) is 10.9. The maximum atomic E-state index is 10.9. The molecule has 0 saturated heterocycles. The predicted octanol–water partition coefficient (Wildman–Crippen LogP) is 0.226. The molecule has 0 aromatic heterocycles. The van der Waals surface area contributed by atoms with Crippen LogP contribution in [0.4, 0.5) is 0 Å². The summed E-state index contributed by atoms with van der Waals surface area (Å²) in [4.78, 5) is 20.3. The summed E-state index contributed by atoms with van der Waals surface area (Å²) in [6, 6.07) is 4.85. The molecule has 1 radical (unpaired) electrons. The van der Waals surface area contributed by atoms with E-state index < -0.39 is 20.8 Å². The molecule has 5 nitrogen and oxygen atoms in total. The van der Waals surface area contributed by atoms with Gasteiger partial charge in [0.2, 0.25) is 5.78 Å². The molecule has 0 saturated carbocycles. The highest BCUT2D eigenvalue weighted by molar-refractivity contribution is 7.86. The second-order valence-corrected chi connectivity index (χ2v) is 3.79. The number of rotatable bonds is 3. The Morgan fingerprint density at radius 2 is 1.86 bits per heavy atom. The van der Waals surface area contributed by atoms with Gasteiger partial charge < -0.3 is 0 Å². The quantitative estimate of drug-likeness (QED) is 0.441. The van der Waals surface area contributed by atoms with Gasteiger partial charge in [0.15, 0.2) is 0 Å². The van der Waals surface area contributed by atoms with Gasteiger partial charge in [0, 0.05) is 5.56 Å². The number of carbonyl (C=O) groups excluding carboxylic acids is 2. The molecule has 0 amide bonds. The Bertz CT molecular complexity index is 474. The fraction of sp³-hybridized carbons (Fsp3) is 0. The molecule has 0 aliphatic carbocycles. The van der Waals surface area contributed by atoms with Crippen LogP contribution in [0.25, 0.3) is 0 Å². The van der Waals surface area contributed by atoms with Crippen LogP contribution in [-0.4, -0.2) is 25.0 Å². The third-order valence-corrected chi connectivity index (χ3v) is 2.41. The number of ketones is 1. The van der Waals surface area contributed by atoms with Gasteiger partial charge in [-0.25, -0.2) is 0 Å². The molecule has 0 fully saturated rings. The minimum Gasteiger partial charge on any atom is -0.285 e. The Kier molecular flexibility index (Phi) is 2.78. The molecule has 6 heteroatoms. The Labute approximate surface area is 80.1 Å². The molecule has 0 heterocycles. The first-order valence-electron chi connectivity index (χ1n) is 3.46. The first kappa shape index (κ1) is 10.6. The third-order valence-electron chi connectivity index (χ3n) is 1.50. The summed E-state index contributed by atoms with van der Waals surface area (Å²) >= 11 is 0. The van der Waals surface area contributed by atoms with E-state index in [1.807, 2.05) is 0 Å². The highest BCUT2D eigenvalue weighted by Gasteiger charge is 2.19. The lowest BCUT2D eigenvalue weighted by Gasteiger charge is -2.00. The summed E-state index contributed by atoms with van der Waals surface area (Å²) in [6.45, 7) is 0. The average molecular weight is 213 g/mol. The topological polar surface area (TPSA) is 88.5 Å². The zero-order valence-electron chi connectivity index (χ0n) is 6.80. The van der Waals surface area contributed by atoms with Crippen molar-refractivity contribution in [3.05, 3.63) is 29.8 Å². The molecule has 1 rings (SSSR count). The van der Waals surface area contributed by atoms with E-state index in [4.69, 9.17) is 4.55 Å². The van der Waals surface area contributed by atoms with Crippen molar-refractivity contribution in [1.29, 1.82) is 0 Å². The van der Waals surface area contributed by atoms with Crippen molar-refractivity contribution in [1.82, 2.24) is 0 Å². The number of carbonyl (C=O) groups is 1. The molecular weight excluding hydrogens is 208 g/mol. The minimum absolute atomic E-state index is 0.384. The number of hydrogen-bond donors (Lipinski definition) is 1. The maximum Gasteiger partial charge on any atom is 0.295 e. The summed E-state index contributed by atoms with van der Waals surface area (Å²) in [6.07, 6.45) is 1.03. The van der Waals surface area contributed by atoms with Gasteiger partial charge in [-0.05, 0) is 12.1 Å². The molecule has 1 N–H and O–H groups in total. The Hall–Kier alpha value is -1.53. The first-order valence-corrected chi connectivity index (χ1v) is 4.90. The maximum absolute atomic E-state index is 10.9. The van der Waals surface area contributed by atoms with Gasteiger partial charge in [0.05, 0.1) is 0 Å². The Morgan fingerprint density at radius 1 is 1.29 bits per heavy atom. The smallest absolute Gasteiger partial charge is 0.285 e. The van der Waals surface area contributed by atoms with Crippen LogP contribution in [0.2, 0.25) is 0 Å². The van der Waals surface area contributed by atoms with Gasteiger partial charge >= 0.3 is 0 Å². The van der Waals surface area contributed by atoms with Crippen LogP contribution in [0.1, 0.15) is 10.4 Å². The zero-order chi connectivity index (χ0) is 10.8. The molecular formula is C8H5O5S. The molecule has 0 aliphatic rings. The highest BCUT2D eigenvalue weighted by atomic mass is 32.2. The molecule has 1 aromatic carbocycles. The van der Waals surface area contributed by atoms with Crippen molar-refractivity contribution in [3.8, 4) is 0 Å². The van der Waals surface area contributed by atoms with E-state index in [0.29, 0.717) is 0 Å². The Balaban J connectivity index is 3.45. The van der Waals surface area contributed by atoms with E-state index in [1.165, 1.54) is 12.1 Å². The summed E-state index contributed by atoms with van der Waals surface area (Å²) in [5, 5.41) is 0. The number of hydrogen-bond acceptors (Lipinski definition) is 4. The molecule has 0 atom stereocenters. The summed E-state index contributed by atoms with van der Waals surface area (Å²) < 4.78 is 30.2. The largest absolute Gasteiger partial charge is 0.295 e. The predicted molar refractivity (Wildman–Crippen MR) is 46.3 cm³/mol. The molecule has 0 bridgehead atoms. The molecule has 73 valence electrons. The summed E-state index contributed by atoms with van der Waals surface area (Å²) in [5.74, 6) is -1.11. The van der Waals surface area contributed by atoms with Gasteiger partial charge in [-0.3, -0.25) is 14.1 Å². The standard InChI is InChI=1S/C8H5O5S/c9-5-7(10)6-3-1-2-4-8(6)14(11,12)13/h1-4H,(H,11,12,13). The van der Waals surface area contributed by atoms with E-state index in [0.717, 1.165) is 18.4 Å². The molecule has 0 unspecified atom stereocenters. The summed E-state index contributed by atoms with van der Waals surface area (Å²) in [7, 11) is -4.49. The lowest BCUT2D eigenvalue weighted by molar-refractivity contribution is 0.105. The first-order chi connectivity index (χ1) is 6.46. The number of benzene rings is 1. The molecule has 0 aliphatic heterocycles. The summed E-state index contributed by atoms with van der Waals surface area (Å²) in [5.41, 5.74) is -0.384. The number of Topliss-reactive ketones (excluding diaryl/α,β-unsaturated/α-hetero) is 1. The van der Waals surface area contributed by atoms with Crippen molar-refractivity contribution in [2.24, 2.45) is 0 Å². The average Bonchev–Trinajstić information content (AvgIpc) is 2.15. The SMILES string of the molecule is O=[C]C(=O)c1ccccc1S(=O)(=O)O. The van der Waals surface area contributed by atoms with E-state index in [1.54, 1.807) is 0 Å².